The van der Waals surface area contributed by atoms with Crippen LogP contribution >= 0.6 is 0 Å². The van der Waals surface area contributed by atoms with E-state index in [1.54, 1.807) is 0 Å². The molecule has 0 rings (SSSR count). The number of amides is 3. The van der Waals surface area contributed by atoms with Gasteiger partial charge in [0.1, 0.15) is 6.04 Å². The van der Waals surface area contributed by atoms with E-state index in [1.165, 1.54) is 0 Å². The molecule has 0 heterocycles. The Morgan fingerprint density at radius 1 is 0.800 bits per heavy atom. The van der Waals surface area contributed by atoms with Crippen LogP contribution in [0.4, 0.5) is 0 Å². The van der Waals surface area contributed by atoms with Gasteiger partial charge in [-0.25, -0.2) is 0 Å². The Kier molecular flexibility index (Phi) is 9.16. The van der Waals surface area contributed by atoms with Crippen LogP contribution in [0.1, 0.15) is 74.7 Å². The molecule has 0 unspecified atom stereocenters. The molecule has 25 heavy (non-hydrogen) atoms. The minimum atomic E-state index is -0.549. The molecule has 0 aromatic heterocycles. The van der Waals surface area contributed by atoms with Crippen LogP contribution in [0, 0.1) is 10.8 Å². The van der Waals surface area contributed by atoms with Gasteiger partial charge in [0.15, 0.2) is 0 Å². The molecular formula is C19H37N3O3. The minimum absolute atomic E-state index is 0.0163. The van der Waals surface area contributed by atoms with Gasteiger partial charge < -0.3 is 16.0 Å². The molecule has 0 fully saturated rings. The molecule has 0 aromatic rings. The Labute approximate surface area is 152 Å². The van der Waals surface area contributed by atoms with Crippen molar-refractivity contribution in [3.8, 4) is 0 Å². The Bertz CT molecular complexity index is 460. The SMILES string of the molecule is CC(C)NC(=O)[C@H](CCCCNC(=O)C(C)(C)C)NC(=O)C(C)(C)C. The third kappa shape index (κ3) is 10.1. The van der Waals surface area contributed by atoms with Crippen molar-refractivity contribution in [3.05, 3.63) is 0 Å². The van der Waals surface area contributed by atoms with Crippen molar-refractivity contribution in [3.63, 3.8) is 0 Å². The van der Waals surface area contributed by atoms with Crippen molar-refractivity contribution in [2.24, 2.45) is 10.8 Å². The van der Waals surface area contributed by atoms with Crippen molar-refractivity contribution in [2.75, 3.05) is 6.54 Å². The molecule has 0 radical (unpaired) electrons. The van der Waals surface area contributed by atoms with Gasteiger partial charge in [0.05, 0.1) is 0 Å². The summed E-state index contributed by atoms with van der Waals surface area (Å²) in [7, 11) is 0. The maximum atomic E-state index is 12.3. The number of unbranched alkanes of at least 4 members (excludes halogenated alkanes) is 1. The Morgan fingerprint density at radius 3 is 1.76 bits per heavy atom. The van der Waals surface area contributed by atoms with Crippen LogP contribution in [0.15, 0.2) is 0 Å². The average molecular weight is 356 g/mol. The van der Waals surface area contributed by atoms with Gasteiger partial charge in [-0.3, -0.25) is 14.4 Å². The molecule has 6 nitrogen and oxygen atoms in total. The Hall–Kier alpha value is -1.59. The molecule has 0 bridgehead atoms. The van der Waals surface area contributed by atoms with E-state index in [0.717, 1.165) is 12.8 Å². The fourth-order valence-electron chi connectivity index (χ4n) is 1.97. The largest absolute Gasteiger partial charge is 0.356 e. The van der Waals surface area contributed by atoms with E-state index >= 15 is 0 Å². The summed E-state index contributed by atoms with van der Waals surface area (Å²) in [5, 5.41) is 8.60. The quantitative estimate of drug-likeness (QED) is 0.584. The van der Waals surface area contributed by atoms with E-state index < -0.39 is 16.9 Å². The highest BCUT2D eigenvalue weighted by Crippen LogP contribution is 2.15. The monoisotopic (exact) mass is 355 g/mol. The first kappa shape index (κ1) is 23.4. The summed E-state index contributed by atoms with van der Waals surface area (Å²) >= 11 is 0. The molecule has 3 N–H and O–H groups in total. The number of hydrogen-bond donors (Lipinski definition) is 3. The second-order valence-corrected chi connectivity index (χ2v) is 8.94. The van der Waals surface area contributed by atoms with Gasteiger partial charge in [0.25, 0.3) is 0 Å². The number of hydrogen-bond acceptors (Lipinski definition) is 3. The summed E-state index contributed by atoms with van der Waals surface area (Å²) in [5.74, 6) is -0.286. The summed E-state index contributed by atoms with van der Waals surface area (Å²) in [6, 6.07) is -0.528. The van der Waals surface area contributed by atoms with Gasteiger partial charge in [-0.05, 0) is 33.1 Å². The molecule has 3 amide bonds. The number of nitrogens with one attached hydrogen (secondary N) is 3. The minimum Gasteiger partial charge on any atom is -0.356 e. The third-order valence-electron chi connectivity index (χ3n) is 3.62. The van der Waals surface area contributed by atoms with Crippen LogP contribution in [0.5, 0.6) is 0 Å². The summed E-state index contributed by atoms with van der Waals surface area (Å²) in [4.78, 5) is 36.3. The lowest BCUT2D eigenvalue weighted by Gasteiger charge is -2.24. The zero-order chi connectivity index (χ0) is 19.8. The molecule has 0 aliphatic rings. The molecule has 0 saturated carbocycles. The van der Waals surface area contributed by atoms with Gasteiger partial charge in [0, 0.05) is 23.4 Å². The summed E-state index contributed by atoms with van der Waals surface area (Å²) in [5.41, 5.74) is -0.947. The van der Waals surface area contributed by atoms with E-state index in [0.29, 0.717) is 13.0 Å². The third-order valence-corrected chi connectivity index (χ3v) is 3.62. The number of carbonyl (C=O) groups excluding carboxylic acids is 3. The summed E-state index contributed by atoms with van der Waals surface area (Å²) < 4.78 is 0. The number of carbonyl (C=O) groups is 3. The Morgan fingerprint density at radius 2 is 1.32 bits per heavy atom. The first-order chi connectivity index (χ1) is 11.2. The van der Waals surface area contributed by atoms with Crippen molar-refractivity contribution >= 4 is 17.7 Å². The lowest BCUT2D eigenvalue weighted by Crippen LogP contribution is -2.51. The molecule has 6 heteroatoms. The van der Waals surface area contributed by atoms with Crippen molar-refractivity contribution in [1.29, 1.82) is 0 Å². The van der Waals surface area contributed by atoms with Crippen LogP contribution in [-0.4, -0.2) is 36.3 Å². The Balaban J connectivity index is 4.52. The maximum absolute atomic E-state index is 12.3. The molecule has 0 spiro atoms. The topological polar surface area (TPSA) is 87.3 Å². The predicted octanol–water partition coefficient (Wildman–Crippen LogP) is 2.37. The molecule has 0 aliphatic heterocycles. The summed E-state index contributed by atoms with van der Waals surface area (Å²) in [6.07, 6.45) is 2.05. The average Bonchev–Trinajstić information content (AvgIpc) is 2.42. The number of rotatable bonds is 8. The normalized spacial score (nSPS) is 13.3. The lowest BCUT2D eigenvalue weighted by atomic mass is 9.94. The molecule has 1 atom stereocenters. The highest BCUT2D eigenvalue weighted by molar-refractivity contribution is 5.89. The van der Waals surface area contributed by atoms with Crippen LogP contribution < -0.4 is 16.0 Å². The standard InChI is InChI=1S/C19H37N3O3/c1-13(2)21-15(23)14(22-17(25)19(6,7)8)11-9-10-12-20-16(24)18(3,4)5/h13-14H,9-12H2,1-8H3,(H,20,24)(H,21,23)(H,22,25)/t14-/m0/s1. The van der Waals surface area contributed by atoms with Gasteiger partial charge in [-0.1, -0.05) is 41.5 Å². The van der Waals surface area contributed by atoms with Crippen molar-refractivity contribution in [2.45, 2.75) is 86.7 Å². The first-order valence-electron chi connectivity index (χ1n) is 9.14. The van der Waals surface area contributed by atoms with E-state index in [-0.39, 0.29) is 23.8 Å². The molecule has 0 saturated heterocycles. The van der Waals surface area contributed by atoms with Gasteiger partial charge in [-0.2, -0.15) is 0 Å². The van der Waals surface area contributed by atoms with E-state index in [9.17, 15) is 14.4 Å². The lowest BCUT2D eigenvalue weighted by molar-refractivity contribution is -0.133. The van der Waals surface area contributed by atoms with Crippen LogP contribution in [0.3, 0.4) is 0 Å². The fourth-order valence-corrected chi connectivity index (χ4v) is 1.97. The highest BCUT2D eigenvalue weighted by Gasteiger charge is 2.27. The summed E-state index contributed by atoms with van der Waals surface area (Å²) in [6.45, 7) is 15.4. The highest BCUT2D eigenvalue weighted by atomic mass is 16.2. The van der Waals surface area contributed by atoms with Crippen molar-refractivity contribution in [1.82, 2.24) is 16.0 Å². The predicted molar refractivity (Wildman–Crippen MR) is 101 cm³/mol. The molecule has 0 aromatic carbocycles. The zero-order valence-corrected chi connectivity index (χ0v) is 17.2. The smallest absolute Gasteiger partial charge is 0.242 e. The second kappa shape index (κ2) is 9.78. The van der Waals surface area contributed by atoms with Crippen molar-refractivity contribution < 1.29 is 14.4 Å². The molecule has 146 valence electrons. The van der Waals surface area contributed by atoms with Gasteiger partial charge in [-0.15, -0.1) is 0 Å². The van der Waals surface area contributed by atoms with Gasteiger partial charge in [0.2, 0.25) is 17.7 Å². The van der Waals surface area contributed by atoms with E-state index in [1.807, 2.05) is 55.4 Å². The van der Waals surface area contributed by atoms with Crippen LogP contribution in [0.2, 0.25) is 0 Å². The van der Waals surface area contributed by atoms with E-state index in [4.69, 9.17) is 0 Å². The van der Waals surface area contributed by atoms with Gasteiger partial charge >= 0.3 is 0 Å². The fraction of sp³-hybridized carbons (Fsp3) is 0.842. The second-order valence-electron chi connectivity index (χ2n) is 8.94. The van der Waals surface area contributed by atoms with Crippen LogP contribution in [-0.2, 0) is 14.4 Å². The zero-order valence-electron chi connectivity index (χ0n) is 17.2. The molecular weight excluding hydrogens is 318 g/mol. The van der Waals surface area contributed by atoms with Crippen LogP contribution in [0.25, 0.3) is 0 Å². The molecule has 0 aliphatic carbocycles. The van der Waals surface area contributed by atoms with E-state index in [2.05, 4.69) is 16.0 Å². The first-order valence-corrected chi connectivity index (χ1v) is 9.14. The maximum Gasteiger partial charge on any atom is 0.242 e.